The molecule has 0 bridgehead atoms. The minimum atomic E-state index is 0.653. The van der Waals surface area contributed by atoms with E-state index < -0.39 is 0 Å². The summed E-state index contributed by atoms with van der Waals surface area (Å²) in [6, 6.07) is 10.5. The van der Waals surface area contributed by atoms with Crippen LogP contribution in [0.1, 0.15) is 44.6 Å². The fourth-order valence-electron chi connectivity index (χ4n) is 1.69. The van der Waals surface area contributed by atoms with Gasteiger partial charge in [-0.3, -0.25) is 0 Å². The van der Waals surface area contributed by atoms with Gasteiger partial charge in [0, 0.05) is 13.1 Å². The lowest BCUT2D eigenvalue weighted by atomic mass is 10.0. The van der Waals surface area contributed by atoms with Gasteiger partial charge in [-0.1, -0.05) is 50.6 Å². The van der Waals surface area contributed by atoms with Crippen molar-refractivity contribution in [2.24, 2.45) is 0 Å². The second-order valence-electron chi connectivity index (χ2n) is 4.54. The maximum absolute atomic E-state index is 12.0. The number of piperidine rings is 1. The second-order valence-corrected chi connectivity index (χ2v) is 4.54. The quantitative estimate of drug-likeness (QED) is 0.646. The average molecular weight is 223 g/mol. The van der Waals surface area contributed by atoms with Gasteiger partial charge in [-0.05, 0) is 24.3 Å². The molecule has 0 spiro atoms. The Balaban J connectivity index is 0.000000165. The molecule has 2 heteroatoms. The van der Waals surface area contributed by atoms with Crippen molar-refractivity contribution in [1.29, 1.82) is 0 Å². The van der Waals surface area contributed by atoms with Crippen molar-refractivity contribution in [2.45, 2.75) is 39.0 Å². The van der Waals surface area contributed by atoms with Crippen LogP contribution in [0.5, 0.6) is 0 Å². The van der Waals surface area contributed by atoms with Gasteiger partial charge in [0.1, 0.15) is 0 Å². The summed E-state index contributed by atoms with van der Waals surface area (Å²) >= 11 is 0. The van der Waals surface area contributed by atoms with Crippen molar-refractivity contribution in [1.82, 2.24) is 5.12 Å². The molecule has 0 unspecified atom stereocenters. The second kappa shape index (κ2) is 7.39. The van der Waals surface area contributed by atoms with Crippen molar-refractivity contribution >= 4 is 0 Å². The normalized spacial score (nSPS) is 16.8. The first-order valence-electron chi connectivity index (χ1n) is 6.16. The number of hydrogen-bond donors (Lipinski definition) is 0. The Kier molecular flexibility index (Phi) is 6.09. The van der Waals surface area contributed by atoms with E-state index in [0.29, 0.717) is 19.0 Å². The van der Waals surface area contributed by atoms with Crippen LogP contribution in [-0.4, -0.2) is 18.2 Å². The Hall–Kier alpha value is -0.890. The van der Waals surface area contributed by atoms with Crippen molar-refractivity contribution in [3.63, 3.8) is 0 Å². The van der Waals surface area contributed by atoms with Crippen LogP contribution in [0.2, 0.25) is 0 Å². The average Bonchev–Trinajstić information content (AvgIpc) is 2.32. The highest BCUT2D eigenvalue weighted by Crippen LogP contribution is 2.11. The first-order chi connectivity index (χ1) is 7.70. The maximum atomic E-state index is 12.0. The van der Waals surface area contributed by atoms with Crippen LogP contribution in [-0.2, 0) is 0 Å². The molecule has 1 aliphatic heterocycles. The predicted octanol–water partition coefficient (Wildman–Crippen LogP) is 4.17. The third-order valence-corrected chi connectivity index (χ3v) is 2.77. The van der Waals surface area contributed by atoms with E-state index in [9.17, 15) is 4.48 Å². The lowest BCUT2D eigenvalue weighted by molar-refractivity contribution is 0.00630. The van der Waals surface area contributed by atoms with Gasteiger partial charge in [-0.2, -0.15) is 0 Å². The Morgan fingerprint density at radius 3 is 1.88 bits per heavy atom. The first-order valence-corrected chi connectivity index (χ1v) is 6.16. The van der Waals surface area contributed by atoms with Gasteiger partial charge in [0.2, 0.25) is 0 Å². The summed E-state index contributed by atoms with van der Waals surface area (Å²) in [6.45, 7) is 5.71. The molecule has 0 radical (unpaired) electrons. The van der Waals surface area contributed by atoms with E-state index in [4.69, 9.17) is 0 Å². The fraction of sp³-hybridized carbons (Fsp3) is 0.571. The molecule has 1 saturated heterocycles. The Bertz CT molecular complexity index is 265. The molecule has 90 valence electrons. The number of hydrogen-bond acceptors (Lipinski definition) is 1. The van der Waals surface area contributed by atoms with E-state index in [2.05, 4.69) is 38.1 Å². The maximum Gasteiger partial charge on any atom is 0.0290 e. The summed E-state index contributed by atoms with van der Waals surface area (Å²) in [4.78, 5) is 0. The molecule has 0 saturated carbocycles. The Morgan fingerprint density at radius 2 is 1.56 bits per heavy atom. The van der Waals surface area contributed by atoms with Gasteiger partial charge in [0.05, 0.1) is 0 Å². The van der Waals surface area contributed by atoms with E-state index in [0.717, 1.165) is 18.0 Å². The summed E-state index contributed by atoms with van der Waals surface area (Å²) in [7, 11) is 0. The zero-order chi connectivity index (χ0) is 11.8. The molecular weight excluding hydrogens is 201 g/mol. The van der Waals surface area contributed by atoms with Crippen LogP contribution in [0.25, 0.3) is 0 Å². The third kappa shape index (κ3) is 5.26. The van der Waals surface area contributed by atoms with Gasteiger partial charge < -0.3 is 0 Å². The van der Waals surface area contributed by atoms with Crippen LogP contribution in [0, 0.1) is 0 Å². The lowest BCUT2D eigenvalue weighted by Crippen LogP contribution is -2.20. The van der Waals surface area contributed by atoms with E-state index in [1.54, 1.807) is 0 Å². The molecule has 1 fully saturated rings. The van der Waals surface area contributed by atoms with E-state index in [1.165, 1.54) is 12.0 Å². The first kappa shape index (κ1) is 13.2. The topological polar surface area (TPSA) is 3.24 Å². The minimum Gasteiger partial charge on any atom is -0.146 e. The molecule has 1 aliphatic rings. The zero-order valence-electron chi connectivity index (χ0n) is 10.3. The lowest BCUT2D eigenvalue weighted by Gasteiger charge is -2.15. The van der Waals surface area contributed by atoms with Crippen LogP contribution >= 0.6 is 0 Å². The molecular formula is C14H22FN. The monoisotopic (exact) mass is 223 g/mol. The third-order valence-electron chi connectivity index (χ3n) is 2.77. The number of rotatable bonds is 1. The van der Waals surface area contributed by atoms with Crippen LogP contribution in [0.3, 0.4) is 0 Å². The summed E-state index contributed by atoms with van der Waals surface area (Å²) < 4.78 is 12.0. The Labute approximate surface area is 98.2 Å². The van der Waals surface area contributed by atoms with Gasteiger partial charge in [-0.25, -0.2) is 0 Å². The molecule has 0 atom stereocenters. The molecule has 0 aromatic heterocycles. The Morgan fingerprint density at radius 1 is 1.00 bits per heavy atom. The van der Waals surface area contributed by atoms with Crippen LogP contribution in [0.4, 0.5) is 4.48 Å². The van der Waals surface area contributed by atoms with Crippen molar-refractivity contribution in [3.05, 3.63) is 35.9 Å². The van der Waals surface area contributed by atoms with E-state index in [-0.39, 0.29) is 0 Å². The summed E-state index contributed by atoms with van der Waals surface area (Å²) in [5.41, 5.74) is 1.41. The van der Waals surface area contributed by atoms with Gasteiger partial charge in [-0.15, -0.1) is 9.60 Å². The fourth-order valence-corrected chi connectivity index (χ4v) is 1.69. The highest BCUT2D eigenvalue weighted by Gasteiger charge is 2.06. The van der Waals surface area contributed by atoms with Crippen molar-refractivity contribution in [2.75, 3.05) is 13.1 Å². The highest BCUT2D eigenvalue weighted by molar-refractivity contribution is 5.17. The van der Waals surface area contributed by atoms with Gasteiger partial charge >= 0.3 is 0 Å². The van der Waals surface area contributed by atoms with Crippen LogP contribution in [0.15, 0.2) is 30.3 Å². The summed E-state index contributed by atoms with van der Waals surface area (Å²) in [5, 5.41) is 0.892. The number of halogens is 1. The molecule has 1 nitrogen and oxygen atoms in total. The standard InChI is InChI=1S/C9H12.C5H10FN/c1-8(2)9-6-4-3-5-7-9;6-7-4-2-1-3-5-7/h3-8H,1-2H3;1-5H2. The van der Waals surface area contributed by atoms with Crippen molar-refractivity contribution in [3.8, 4) is 0 Å². The smallest absolute Gasteiger partial charge is 0.0290 e. The molecule has 0 amide bonds. The molecule has 16 heavy (non-hydrogen) atoms. The van der Waals surface area contributed by atoms with E-state index >= 15 is 0 Å². The molecule has 1 aromatic rings. The molecule has 1 aromatic carbocycles. The minimum absolute atomic E-state index is 0.653. The number of nitrogens with zero attached hydrogens (tertiary/aromatic N) is 1. The SMILES string of the molecule is CC(C)c1ccccc1.FN1CCCCC1. The molecule has 0 N–H and O–H groups in total. The number of benzene rings is 1. The van der Waals surface area contributed by atoms with Gasteiger partial charge in [0.25, 0.3) is 0 Å². The molecule has 1 heterocycles. The summed E-state index contributed by atoms with van der Waals surface area (Å²) in [5.74, 6) is 0.659. The van der Waals surface area contributed by atoms with Crippen molar-refractivity contribution < 1.29 is 4.48 Å². The molecule has 0 aliphatic carbocycles. The predicted molar refractivity (Wildman–Crippen MR) is 67.1 cm³/mol. The highest BCUT2D eigenvalue weighted by atomic mass is 19.2. The van der Waals surface area contributed by atoms with E-state index in [1.807, 2.05) is 6.07 Å². The van der Waals surface area contributed by atoms with Crippen LogP contribution < -0.4 is 0 Å². The largest absolute Gasteiger partial charge is 0.146 e. The summed E-state index contributed by atoms with van der Waals surface area (Å²) in [6.07, 6.45) is 3.29. The molecule has 2 rings (SSSR count). The zero-order valence-corrected chi connectivity index (χ0v) is 10.3. The van der Waals surface area contributed by atoms with Gasteiger partial charge in [0.15, 0.2) is 0 Å².